The predicted molar refractivity (Wildman–Crippen MR) is 97.6 cm³/mol. The molecule has 11 heteroatoms. The molecule has 0 aliphatic heterocycles. The Bertz CT molecular complexity index is 950. The number of benzene rings is 1. The maximum Gasteiger partial charge on any atom is 0.451 e. The van der Waals surface area contributed by atoms with Crippen molar-refractivity contribution in [2.45, 2.75) is 18.3 Å². The number of aryl methyl sites for hydroxylation is 1. The number of rotatable bonds is 5. The van der Waals surface area contributed by atoms with Crippen molar-refractivity contribution in [1.29, 1.82) is 0 Å². The first kappa shape index (κ1) is 19.4. The molecule has 0 fully saturated rings. The van der Waals surface area contributed by atoms with Crippen LogP contribution in [0.4, 0.5) is 18.3 Å². The number of hydrogen-bond donors (Lipinski definition) is 1. The first-order valence-corrected chi connectivity index (χ1v) is 9.52. The molecule has 2 aromatic heterocycles. The van der Waals surface area contributed by atoms with Crippen LogP contribution in [-0.4, -0.2) is 31.4 Å². The van der Waals surface area contributed by atoms with E-state index in [0.29, 0.717) is 5.13 Å². The Labute approximate surface area is 160 Å². The predicted octanol–water partition coefficient (Wildman–Crippen LogP) is 4.00. The molecular weight excluding hydrogens is 399 g/mol. The molecule has 3 rings (SSSR count). The number of thioether (sulfide) groups is 1. The molecule has 1 aromatic carbocycles. The topological polar surface area (TPSA) is 72.7 Å². The van der Waals surface area contributed by atoms with Gasteiger partial charge in [-0.3, -0.25) is 4.79 Å². The molecule has 0 aliphatic carbocycles. The molecule has 0 radical (unpaired) electrons. The van der Waals surface area contributed by atoms with Gasteiger partial charge in [-0.2, -0.15) is 13.2 Å². The molecule has 1 amide bonds. The second-order valence-electron chi connectivity index (χ2n) is 5.60. The smallest absolute Gasteiger partial charge is 0.302 e. The van der Waals surface area contributed by atoms with Crippen LogP contribution in [0.2, 0.25) is 0 Å². The Hall–Kier alpha value is -2.40. The fourth-order valence-electron chi connectivity index (χ4n) is 2.16. The molecule has 27 heavy (non-hydrogen) atoms. The fourth-order valence-corrected chi connectivity index (χ4v) is 3.61. The minimum absolute atomic E-state index is 0.0111. The Morgan fingerprint density at radius 1 is 1.26 bits per heavy atom. The van der Waals surface area contributed by atoms with Gasteiger partial charge in [-0.15, -0.1) is 21.5 Å². The van der Waals surface area contributed by atoms with E-state index in [2.05, 4.69) is 20.5 Å². The number of carbonyl (C=O) groups excluding carboxylic acids is 1. The van der Waals surface area contributed by atoms with Gasteiger partial charge in [-0.25, -0.2) is 4.98 Å². The van der Waals surface area contributed by atoms with Crippen molar-refractivity contribution in [1.82, 2.24) is 19.7 Å². The van der Waals surface area contributed by atoms with E-state index in [9.17, 15) is 18.0 Å². The third kappa shape index (κ3) is 4.66. The molecule has 0 bridgehead atoms. The van der Waals surface area contributed by atoms with Gasteiger partial charge in [0.05, 0.1) is 11.4 Å². The normalized spacial score (nSPS) is 11.6. The van der Waals surface area contributed by atoms with Crippen LogP contribution in [0.25, 0.3) is 11.3 Å². The highest BCUT2D eigenvalue weighted by atomic mass is 32.2. The van der Waals surface area contributed by atoms with Gasteiger partial charge in [-0.05, 0) is 6.92 Å². The molecule has 2 heterocycles. The Morgan fingerprint density at radius 2 is 1.96 bits per heavy atom. The number of nitrogens with one attached hydrogen (secondary N) is 1. The number of aromatic nitrogens is 4. The van der Waals surface area contributed by atoms with Crippen molar-refractivity contribution in [3.05, 3.63) is 41.0 Å². The third-order valence-electron chi connectivity index (χ3n) is 3.52. The number of amides is 1. The molecule has 1 N–H and O–H groups in total. The third-order valence-corrected chi connectivity index (χ3v) is 5.30. The molecule has 142 valence electrons. The lowest BCUT2D eigenvalue weighted by molar-refractivity contribution is -0.147. The van der Waals surface area contributed by atoms with Crippen LogP contribution in [0.5, 0.6) is 0 Å². The van der Waals surface area contributed by atoms with Crippen molar-refractivity contribution in [2.75, 3.05) is 11.1 Å². The number of anilines is 1. The Kier molecular flexibility index (Phi) is 5.51. The van der Waals surface area contributed by atoms with Crippen LogP contribution in [0.3, 0.4) is 0 Å². The zero-order valence-corrected chi connectivity index (χ0v) is 15.9. The first-order chi connectivity index (χ1) is 12.7. The quantitative estimate of drug-likeness (QED) is 0.640. The summed E-state index contributed by atoms with van der Waals surface area (Å²) in [5.41, 5.74) is 2.81. The van der Waals surface area contributed by atoms with E-state index < -0.39 is 12.0 Å². The summed E-state index contributed by atoms with van der Waals surface area (Å²) in [6, 6.07) is 7.83. The first-order valence-electron chi connectivity index (χ1n) is 7.66. The second-order valence-corrected chi connectivity index (χ2v) is 7.40. The van der Waals surface area contributed by atoms with Gasteiger partial charge < -0.3 is 9.88 Å². The number of hydrogen-bond acceptors (Lipinski definition) is 6. The SMILES string of the molecule is Cc1ccc(-c2csc(NC(=O)CSc3nnc(C(F)(F)F)n3C)n2)cc1. The molecule has 0 saturated carbocycles. The highest BCUT2D eigenvalue weighted by Crippen LogP contribution is 2.30. The van der Waals surface area contributed by atoms with Crippen molar-refractivity contribution in [3.63, 3.8) is 0 Å². The maximum absolute atomic E-state index is 12.7. The van der Waals surface area contributed by atoms with Crippen LogP contribution in [0.1, 0.15) is 11.4 Å². The van der Waals surface area contributed by atoms with E-state index in [-0.39, 0.29) is 16.8 Å². The van der Waals surface area contributed by atoms with Crippen molar-refractivity contribution in [3.8, 4) is 11.3 Å². The summed E-state index contributed by atoms with van der Waals surface area (Å²) in [4.78, 5) is 16.4. The molecule has 0 aliphatic rings. The van der Waals surface area contributed by atoms with Gasteiger partial charge in [0.1, 0.15) is 0 Å². The van der Waals surface area contributed by atoms with Gasteiger partial charge in [0.2, 0.25) is 11.7 Å². The lowest BCUT2D eigenvalue weighted by atomic mass is 10.1. The minimum atomic E-state index is -4.59. The maximum atomic E-state index is 12.7. The average molecular weight is 413 g/mol. The molecule has 0 unspecified atom stereocenters. The number of halogens is 3. The van der Waals surface area contributed by atoms with Gasteiger partial charge in [0, 0.05) is 18.0 Å². The minimum Gasteiger partial charge on any atom is -0.302 e. The fraction of sp³-hybridized carbons (Fsp3) is 0.250. The molecule has 6 nitrogen and oxygen atoms in total. The summed E-state index contributed by atoms with van der Waals surface area (Å²) in [7, 11) is 1.21. The van der Waals surface area contributed by atoms with Crippen molar-refractivity contribution >= 4 is 34.1 Å². The van der Waals surface area contributed by atoms with Crippen LogP contribution in [-0.2, 0) is 18.0 Å². The second kappa shape index (κ2) is 7.69. The van der Waals surface area contributed by atoms with E-state index in [1.54, 1.807) is 0 Å². The molecule has 0 saturated heterocycles. The van der Waals surface area contributed by atoms with Gasteiger partial charge >= 0.3 is 6.18 Å². The standard InChI is InChI=1S/C16H14F3N5OS2/c1-9-3-5-10(6-4-9)11-7-26-14(20-11)21-12(25)8-27-15-23-22-13(24(15)2)16(17,18)19/h3-7H,8H2,1-2H3,(H,20,21,25). The van der Waals surface area contributed by atoms with E-state index in [4.69, 9.17) is 0 Å². The number of thiazole rings is 1. The lowest BCUT2D eigenvalue weighted by Crippen LogP contribution is -2.15. The summed E-state index contributed by atoms with van der Waals surface area (Å²) in [5, 5.41) is 11.5. The zero-order valence-electron chi connectivity index (χ0n) is 14.2. The van der Waals surface area contributed by atoms with E-state index >= 15 is 0 Å². The van der Waals surface area contributed by atoms with Crippen LogP contribution >= 0.6 is 23.1 Å². The molecule has 0 spiro atoms. The number of alkyl halides is 3. The van der Waals surface area contributed by atoms with E-state index in [1.165, 1.54) is 18.4 Å². The largest absolute Gasteiger partial charge is 0.451 e. The summed E-state index contributed by atoms with van der Waals surface area (Å²) < 4.78 is 38.9. The monoisotopic (exact) mass is 413 g/mol. The van der Waals surface area contributed by atoms with Gasteiger partial charge in [-0.1, -0.05) is 41.6 Å². The summed E-state index contributed by atoms with van der Waals surface area (Å²) in [5.74, 6) is -1.60. The molecular formula is C16H14F3N5OS2. The summed E-state index contributed by atoms with van der Waals surface area (Å²) >= 11 is 2.15. The van der Waals surface area contributed by atoms with Crippen LogP contribution in [0, 0.1) is 6.92 Å². The van der Waals surface area contributed by atoms with Crippen LogP contribution in [0.15, 0.2) is 34.8 Å². The Morgan fingerprint density at radius 3 is 2.59 bits per heavy atom. The van der Waals surface area contributed by atoms with Crippen LogP contribution < -0.4 is 5.32 Å². The average Bonchev–Trinajstić information content (AvgIpc) is 3.20. The highest BCUT2D eigenvalue weighted by molar-refractivity contribution is 7.99. The van der Waals surface area contributed by atoms with E-state index in [1.807, 2.05) is 36.6 Å². The highest BCUT2D eigenvalue weighted by Gasteiger charge is 2.37. The van der Waals surface area contributed by atoms with Crippen molar-refractivity contribution < 1.29 is 18.0 Å². The Balaban J connectivity index is 1.59. The number of nitrogens with zero attached hydrogens (tertiary/aromatic N) is 4. The number of carbonyl (C=O) groups is 1. The van der Waals surface area contributed by atoms with Gasteiger partial charge in [0.15, 0.2) is 10.3 Å². The summed E-state index contributed by atoms with van der Waals surface area (Å²) in [6.45, 7) is 1.99. The molecule has 3 aromatic rings. The van der Waals surface area contributed by atoms with Crippen molar-refractivity contribution in [2.24, 2.45) is 7.05 Å². The zero-order chi connectivity index (χ0) is 19.6. The van der Waals surface area contributed by atoms with E-state index in [0.717, 1.165) is 33.1 Å². The lowest BCUT2D eigenvalue weighted by Gasteiger charge is -2.06. The summed E-state index contributed by atoms with van der Waals surface area (Å²) in [6.07, 6.45) is -4.59. The molecule has 0 atom stereocenters. The van der Waals surface area contributed by atoms with Gasteiger partial charge in [0.25, 0.3) is 0 Å².